The second-order valence-electron chi connectivity index (χ2n) is 6.91. The van der Waals surface area contributed by atoms with Crippen molar-refractivity contribution in [2.75, 3.05) is 0 Å². The summed E-state index contributed by atoms with van der Waals surface area (Å²) in [5, 5.41) is 6.50. The smallest absolute Gasteiger partial charge is 0.124 e. The molecule has 1 N–H and O–H groups in total. The van der Waals surface area contributed by atoms with E-state index in [2.05, 4.69) is 23.5 Å². The van der Waals surface area contributed by atoms with Crippen molar-refractivity contribution in [2.24, 2.45) is 0 Å². The fraction of sp³-hybridized carbons (Fsp3) is 0.120. The summed E-state index contributed by atoms with van der Waals surface area (Å²) >= 11 is 5.97. The third-order valence-corrected chi connectivity index (χ3v) is 5.10. The molecule has 0 aliphatic carbocycles. The quantitative estimate of drug-likeness (QED) is 0.335. The summed E-state index contributed by atoms with van der Waals surface area (Å²) in [6.07, 6.45) is 0. The summed E-state index contributed by atoms with van der Waals surface area (Å²) in [6.45, 7) is 1.77. The number of ether oxygens (including phenoxy) is 1. The van der Waals surface area contributed by atoms with Crippen molar-refractivity contribution in [1.29, 1.82) is 0 Å². The first-order chi connectivity index (χ1) is 14.2. The van der Waals surface area contributed by atoms with Crippen molar-refractivity contribution in [1.82, 2.24) is 5.32 Å². The van der Waals surface area contributed by atoms with Crippen LogP contribution in [0.5, 0.6) is 5.75 Å². The van der Waals surface area contributed by atoms with Crippen LogP contribution in [0.25, 0.3) is 10.8 Å². The minimum absolute atomic E-state index is 0. The van der Waals surface area contributed by atoms with Gasteiger partial charge in [0, 0.05) is 23.7 Å². The molecule has 0 aliphatic heterocycles. The summed E-state index contributed by atoms with van der Waals surface area (Å²) in [4.78, 5) is 0. The normalized spacial score (nSPS) is 10.6. The van der Waals surface area contributed by atoms with Gasteiger partial charge in [0.2, 0.25) is 0 Å². The molecule has 0 bridgehead atoms. The summed E-state index contributed by atoms with van der Waals surface area (Å²) in [5.74, 6) is 0.631. The van der Waals surface area contributed by atoms with Crippen molar-refractivity contribution >= 4 is 34.8 Å². The van der Waals surface area contributed by atoms with Crippen LogP contribution in [-0.4, -0.2) is 0 Å². The van der Waals surface area contributed by atoms with E-state index in [9.17, 15) is 4.39 Å². The Hall–Kier alpha value is -2.59. The lowest BCUT2D eigenvalue weighted by atomic mass is 10.0. The molecule has 4 aromatic carbocycles. The Morgan fingerprint density at radius 3 is 2.23 bits per heavy atom. The second kappa shape index (κ2) is 10.4. The van der Waals surface area contributed by atoms with Crippen molar-refractivity contribution < 1.29 is 9.13 Å². The maximum Gasteiger partial charge on any atom is 0.124 e. The number of halogens is 3. The van der Waals surface area contributed by atoms with E-state index < -0.39 is 0 Å². The molecular weight excluding hydrogens is 420 g/mol. The third kappa shape index (κ3) is 5.51. The van der Waals surface area contributed by atoms with Gasteiger partial charge in [-0.15, -0.1) is 12.4 Å². The Morgan fingerprint density at radius 1 is 0.767 bits per heavy atom. The molecule has 4 rings (SSSR count). The Morgan fingerprint density at radius 2 is 1.47 bits per heavy atom. The molecule has 0 saturated heterocycles. The predicted molar refractivity (Wildman–Crippen MR) is 124 cm³/mol. The average Bonchev–Trinajstić information content (AvgIpc) is 2.75. The molecule has 0 aliphatic rings. The Balaban J connectivity index is 0.00000256. The molecule has 0 atom stereocenters. The van der Waals surface area contributed by atoms with Gasteiger partial charge in [0.1, 0.15) is 18.2 Å². The van der Waals surface area contributed by atoms with Gasteiger partial charge in [-0.1, -0.05) is 66.2 Å². The van der Waals surface area contributed by atoms with E-state index in [1.165, 1.54) is 17.5 Å². The Bertz CT molecular complexity index is 1100. The van der Waals surface area contributed by atoms with Gasteiger partial charge < -0.3 is 10.1 Å². The van der Waals surface area contributed by atoms with Gasteiger partial charge in [0.25, 0.3) is 0 Å². The number of nitrogens with one attached hydrogen (secondary N) is 1. The first kappa shape index (κ1) is 22.1. The molecule has 0 heterocycles. The molecule has 0 radical (unpaired) electrons. The van der Waals surface area contributed by atoms with Crippen LogP contribution in [-0.2, 0) is 19.7 Å². The van der Waals surface area contributed by atoms with E-state index in [0.29, 0.717) is 24.7 Å². The molecule has 0 spiro atoms. The van der Waals surface area contributed by atoms with E-state index in [1.54, 1.807) is 12.1 Å². The van der Waals surface area contributed by atoms with E-state index in [-0.39, 0.29) is 18.2 Å². The summed E-state index contributed by atoms with van der Waals surface area (Å²) in [6, 6.07) is 26.6. The molecule has 0 aromatic heterocycles. The van der Waals surface area contributed by atoms with Crippen LogP contribution in [0.1, 0.15) is 16.7 Å². The maximum absolute atomic E-state index is 13.1. The highest BCUT2D eigenvalue weighted by atomic mass is 35.5. The standard InChI is InChI=1S/C25H21ClFNO.ClH/c26-21-10-5-19(6-11-21)17-29-25-14-9-20-3-1-2-4-23(20)24(25)16-28-15-18-7-12-22(27)13-8-18;/h1-14,28H,15-17H2;1H. The number of rotatable bonds is 7. The summed E-state index contributed by atoms with van der Waals surface area (Å²) in [5.41, 5.74) is 3.21. The summed E-state index contributed by atoms with van der Waals surface area (Å²) in [7, 11) is 0. The van der Waals surface area contributed by atoms with Crippen molar-refractivity contribution in [2.45, 2.75) is 19.7 Å². The van der Waals surface area contributed by atoms with Gasteiger partial charge in [-0.2, -0.15) is 0 Å². The van der Waals surface area contributed by atoms with Crippen LogP contribution in [0.4, 0.5) is 4.39 Å². The highest BCUT2D eigenvalue weighted by Crippen LogP contribution is 2.29. The second-order valence-corrected chi connectivity index (χ2v) is 7.34. The lowest BCUT2D eigenvalue weighted by Gasteiger charge is -2.15. The minimum Gasteiger partial charge on any atom is -0.489 e. The number of hydrogen-bond acceptors (Lipinski definition) is 2. The number of hydrogen-bond donors (Lipinski definition) is 1. The van der Waals surface area contributed by atoms with Gasteiger partial charge in [0.15, 0.2) is 0 Å². The topological polar surface area (TPSA) is 21.3 Å². The van der Waals surface area contributed by atoms with Crippen LogP contribution in [0.2, 0.25) is 5.02 Å². The van der Waals surface area contributed by atoms with Crippen molar-refractivity contribution in [3.63, 3.8) is 0 Å². The molecule has 154 valence electrons. The molecular formula is C25H22Cl2FNO. The van der Waals surface area contributed by atoms with Crippen LogP contribution in [0.15, 0.2) is 84.9 Å². The molecule has 0 amide bonds. The Kier molecular flexibility index (Phi) is 7.69. The zero-order valence-corrected chi connectivity index (χ0v) is 17.8. The molecule has 5 heteroatoms. The number of benzene rings is 4. The summed E-state index contributed by atoms with van der Waals surface area (Å²) < 4.78 is 19.3. The Labute approximate surface area is 187 Å². The minimum atomic E-state index is -0.222. The molecule has 4 aromatic rings. The predicted octanol–water partition coefficient (Wildman–Crippen LogP) is 6.92. The van der Waals surface area contributed by atoms with E-state index in [4.69, 9.17) is 16.3 Å². The van der Waals surface area contributed by atoms with Crippen LogP contribution in [0, 0.1) is 5.82 Å². The average molecular weight is 442 g/mol. The van der Waals surface area contributed by atoms with Crippen molar-refractivity contribution in [3.8, 4) is 5.75 Å². The molecule has 0 saturated carbocycles. The molecule has 2 nitrogen and oxygen atoms in total. The fourth-order valence-corrected chi connectivity index (χ4v) is 3.44. The zero-order chi connectivity index (χ0) is 20.1. The van der Waals surface area contributed by atoms with Crippen LogP contribution >= 0.6 is 24.0 Å². The van der Waals surface area contributed by atoms with Gasteiger partial charge >= 0.3 is 0 Å². The molecule has 0 unspecified atom stereocenters. The molecule has 0 fully saturated rings. The van der Waals surface area contributed by atoms with Crippen LogP contribution in [0.3, 0.4) is 0 Å². The monoisotopic (exact) mass is 441 g/mol. The zero-order valence-electron chi connectivity index (χ0n) is 16.3. The fourth-order valence-electron chi connectivity index (χ4n) is 3.31. The third-order valence-electron chi connectivity index (χ3n) is 4.85. The first-order valence-electron chi connectivity index (χ1n) is 9.52. The lowest BCUT2D eigenvalue weighted by Crippen LogP contribution is -2.14. The number of fused-ring (bicyclic) bond motifs is 1. The van der Waals surface area contributed by atoms with Gasteiger partial charge in [-0.05, 0) is 52.2 Å². The maximum atomic E-state index is 13.1. The highest BCUT2D eigenvalue weighted by Gasteiger charge is 2.09. The molecule has 30 heavy (non-hydrogen) atoms. The van der Waals surface area contributed by atoms with Gasteiger partial charge in [-0.3, -0.25) is 0 Å². The van der Waals surface area contributed by atoms with Gasteiger partial charge in [-0.25, -0.2) is 4.39 Å². The van der Waals surface area contributed by atoms with Crippen LogP contribution < -0.4 is 10.1 Å². The highest BCUT2D eigenvalue weighted by molar-refractivity contribution is 6.30. The SMILES string of the molecule is Cl.Fc1ccc(CNCc2c(OCc3ccc(Cl)cc3)ccc3ccccc23)cc1. The van der Waals surface area contributed by atoms with Gasteiger partial charge in [0.05, 0.1) is 0 Å². The largest absolute Gasteiger partial charge is 0.489 e. The lowest BCUT2D eigenvalue weighted by molar-refractivity contribution is 0.302. The van der Waals surface area contributed by atoms with E-state index in [1.807, 2.05) is 42.5 Å². The first-order valence-corrected chi connectivity index (χ1v) is 9.90. The van der Waals surface area contributed by atoms with E-state index >= 15 is 0 Å². The van der Waals surface area contributed by atoms with Crippen molar-refractivity contribution in [3.05, 3.63) is 112 Å². The van der Waals surface area contributed by atoms with E-state index in [0.717, 1.165) is 27.8 Å².